The summed E-state index contributed by atoms with van der Waals surface area (Å²) in [5.41, 5.74) is 17.4. The van der Waals surface area contributed by atoms with Gasteiger partial charge in [0, 0.05) is 60.3 Å². The Labute approximate surface area is 240 Å². The average molecular weight is 547 g/mol. The number of hydrogen-bond donors (Lipinski definition) is 3. The van der Waals surface area contributed by atoms with Gasteiger partial charge in [-0.1, -0.05) is 30.0 Å². The quantitative estimate of drug-likeness (QED) is 0.219. The third kappa shape index (κ3) is 7.41. The molecule has 0 unspecified atom stereocenters. The standard InChI is InChI=1S/C33H34N6O2/c1-22-17-25(10-9-24-5-4-8-28(34)20-24)18-23(2)31(22)41-30-11-14-36-33(38-30)37-29-12-15-39(16-13-29)21-26-6-3-7-27(19-26)32(35)40/h3-8,11,14,17-20,29H,12-13,15-16,21,34H2,1-2H3,(H2,35,40)(H,36,37,38). The van der Waals surface area contributed by atoms with Crippen LogP contribution in [0.3, 0.4) is 0 Å². The van der Waals surface area contributed by atoms with Gasteiger partial charge in [-0.05, 0) is 85.8 Å². The third-order valence-electron chi connectivity index (χ3n) is 7.07. The second-order valence-electron chi connectivity index (χ2n) is 10.4. The van der Waals surface area contributed by atoms with Gasteiger partial charge in [0.2, 0.25) is 17.7 Å². The number of aryl methyl sites for hydroxylation is 2. The topological polar surface area (TPSA) is 119 Å². The van der Waals surface area contributed by atoms with Crippen molar-refractivity contribution in [3.05, 3.63) is 106 Å². The Morgan fingerprint density at radius 3 is 2.46 bits per heavy atom. The van der Waals surface area contributed by atoms with Crippen LogP contribution in [-0.2, 0) is 6.54 Å². The molecule has 1 aliphatic heterocycles. The van der Waals surface area contributed by atoms with Gasteiger partial charge in [-0.15, -0.1) is 0 Å². The predicted octanol–water partition coefficient (Wildman–Crippen LogP) is 5.04. The van der Waals surface area contributed by atoms with Gasteiger partial charge in [-0.3, -0.25) is 9.69 Å². The summed E-state index contributed by atoms with van der Waals surface area (Å²) in [5, 5.41) is 3.47. The highest BCUT2D eigenvalue weighted by Gasteiger charge is 2.20. The van der Waals surface area contributed by atoms with Crippen LogP contribution in [0, 0.1) is 25.7 Å². The van der Waals surface area contributed by atoms with Gasteiger partial charge in [0.15, 0.2) is 0 Å². The van der Waals surface area contributed by atoms with Crippen LogP contribution in [-0.4, -0.2) is 39.9 Å². The molecule has 1 aliphatic rings. The van der Waals surface area contributed by atoms with E-state index in [2.05, 4.69) is 32.0 Å². The highest BCUT2D eigenvalue weighted by atomic mass is 16.5. The fourth-order valence-electron chi connectivity index (χ4n) is 5.02. The number of carbonyl (C=O) groups is 1. The lowest BCUT2D eigenvalue weighted by atomic mass is 10.0. The molecule has 0 saturated carbocycles. The number of ether oxygens (including phenoxy) is 1. The highest BCUT2D eigenvalue weighted by molar-refractivity contribution is 5.92. The molecule has 1 fully saturated rings. The Balaban J connectivity index is 1.18. The normalized spacial score (nSPS) is 13.7. The van der Waals surface area contributed by atoms with Gasteiger partial charge in [-0.25, -0.2) is 4.98 Å². The number of nitrogens with one attached hydrogen (secondary N) is 1. The summed E-state index contributed by atoms with van der Waals surface area (Å²) < 4.78 is 6.22. The van der Waals surface area contributed by atoms with Crippen LogP contribution in [0.25, 0.3) is 0 Å². The smallest absolute Gasteiger partial charge is 0.248 e. The Hall–Kier alpha value is -4.87. The van der Waals surface area contributed by atoms with E-state index in [0.29, 0.717) is 23.1 Å². The summed E-state index contributed by atoms with van der Waals surface area (Å²) in [5.74, 6) is 7.79. The SMILES string of the molecule is Cc1cc(C#Cc2cccc(N)c2)cc(C)c1Oc1ccnc(NC2CCN(Cc3cccc(C(N)=O)c3)CC2)n1. The molecule has 2 heterocycles. The summed E-state index contributed by atoms with van der Waals surface area (Å²) in [6.45, 7) is 6.66. The Morgan fingerprint density at radius 1 is 1.00 bits per heavy atom. The number of rotatable bonds is 7. The molecule has 8 nitrogen and oxygen atoms in total. The lowest BCUT2D eigenvalue weighted by molar-refractivity contribution is 0.1000. The van der Waals surface area contributed by atoms with Crippen LogP contribution in [0.1, 0.15) is 51.0 Å². The van der Waals surface area contributed by atoms with E-state index >= 15 is 0 Å². The zero-order valence-electron chi connectivity index (χ0n) is 23.4. The van der Waals surface area contributed by atoms with E-state index in [-0.39, 0.29) is 6.04 Å². The van der Waals surface area contributed by atoms with Crippen LogP contribution < -0.4 is 21.5 Å². The summed E-state index contributed by atoms with van der Waals surface area (Å²) in [6, 6.07) is 21.1. The summed E-state index contributed by atoms with van der Waals surface area (Å²) in [6.07, 6.45) is 3.63. The molecule has 1 amide bonds. The first kappa shape index (κ1) is 27.7. The Kier molecular flexibility index (Phi) is 8.47. The molecule has 208 valence electrons. The molecule has 1 saturated heterocycles. The first-order valence-electron chi connectivity index (χ1n) is 13.7. The van der Waals surface area contributed by atoms with E-state index in [1.54, 1.807) is 18.3 Å². The third-order valence-corrected chi connectivity index (χ3v) is 7.07. The number of primary amides is 1. The maximum atomic E-state index is 11.5. The number of piperidine rings is 1. The minimum Gasteiger partial charge on any atom is -0.438 e. The summed E-state index contributed by atoms with van der Waals surface area (Å²) >= 11 is 0. The minimum atomic E-state index is -0.400. The van der Waals surface area contributed by atoms with Crippen molar-refractivity contribution in [1.82, 2.24) is 14.9 Å². The van der Waals surface area contributed by atoms with E-state index < -0.39 is 5.91 Å². The van der Waals surface area contributed by atoms with Crippen molar-refractivity contribution in [1.29, 1.82) is 0 Å². The van der Waals surface area contributed by atoms with E-state index in [4.69, 9.17) is 16.2 Å². The molecule has 3 aromatic carbocycles. The number of carbonyl (C=O) groups excluding carboxylic acids is 1. The highest BCUT2D eigenvalue weighted by Crippen LogP contribution is 2.29. The van der Waals surface area contributed by atoms with Crippen molar-refractivity contribution in [2.45, 2.75) is 39.3 Å². The van der Waals surface area contributed by atoms with E-state index in [9.17, 15) is 4.79 Å². The molecule has 1 aromatic heterocycles. The molecule has 5 N–H and O–H groups in total. The van der Waals surface area contributed by atoms with Crippen LogP contribution in [0.15, 0.2) is 72.9 Å². The molecule has 5 rings (SSSR count). The molecule has 0 aliphatic carbocycles. The maximum absolute atomic E-state index is 11.5. The number of anilines is 2. The number of amides is 1. The summed E-state index contributed by atoms with van der Waals surface area (Å²) in [7, 11) is 0. The molecular weight excluding hydrogens is 512 g/mol. The molecular formula is C33H34N6O2. The molecule has 4 aromatic rings. The molecule has 0 bridgehead atoms. The number of hydrogen-bond acceptors (Lipinski definition) is 7. The fourth-order valence-corrected chi connectivity index (χ4v) is 5.02. The average Bonchev–Trinajstić information content (AvgIpc) is 2.95. The number of nitrogens with zero attached hydrogens (tertiary/aromatic N) is 3. The predicted molar refractivity (Wildman–Crippen MR) is 162 cm³/mol. The van der Waals surface area contributed by atoms with Gasteiger partial charge < -0.3 is 21.5 Å². The number of benzene rings is 3. The maximum Gasteiger partial charge on any atom is 0.248 e. The van der Waals surface area contributed by atoms with Crippen LogP contribution in [0.4, 0.5) is 11.6 Å². The van der Waals surface area contributed by atoms with Gasteiger partial charge in [0.05, 0.1) is 0 Å². The zero-order valence-corrected chi connectivity index (χ0v) is 23.4. The van der Waals surface area contributed by atoms with Crippen molar-refractivity contribution in [3.8, 4) is 23.5 Å². The van der Waals surface area contributed by atoms with Crippen LogP contribution in [0.2, 0.25) is 0 Å². The van der Waals surface area contributed by atoms with Gasteiger partial charge in [-0.2, -0.15) is 4.98 Å². The lowest BCUT2D eigenvalue weighted by Gasteiger charge is -2.32. The second-order valence-corrected chi connectivity index (χ2v) is 10.4. The molecule has 41 heavy (non-hydrogen) atoms. The monoisotopic (exact) mass is 546 g/mol. The second kappa shape index (κ2) is 12.5. The van der Waals surface area contributed by atoms with E-state index in [1.165, 1.54) is 0 Å². The molecule has 0 atom stereocenters. The Morgan fingerprint density at radius 2 is 1.73 bits per heavy atom. The van der Waals surface area contributed by atoms with Crippen molar-refractivity contribution < 1.29 is 9.53 Å². The summed E-state index contributed by atoms with van der Waals surface area (Å²) in [4.78, 5) is 22.9. The fraction of sp³-hybridized carbons (Fsp3) is 0.242. The van der Waals surface area contributed by atoms with E-state index in [0.717, 1.165) is 66.0 Å². The van der Waals surface area contributed by atoms with Crippen molar-refractivity contribution >= 4 is 17.5 Å². The molecule has 8 heteroatoms. The first-order chi connectivity index (χ1) is 19.8. The first-order valence-corrected chi connectivity index (χ1v) is 13.7. The van der Waals surface area contributed by atoms with Crippen molar-refractivity contribution in [2.75, 3.05) is 24.1 Å². The number of aromatic nitrogens is 2. The van der Waals surface area contributed by atoms with E-state index in [1.807, 2.05) is 68.4 Å². The number of nitrogen functional groups attached to an aromatic ring is 1. The van der Waals surface area contributed by atoms with Gasteiger partial charge >= 0.3 is 0 Å². The zero-order chi connectivity index (χ0) is 28.8. The van der Waals surface area contributed by atoms with Crippen molar-refractivity contribution in [3.63, 3.8) is 0 Å². The van der Waals surface area contributed by atoms with Crippen LogP contribution >= 0.6 is 0 Å². The van der Waals surface area contributed by atoms with Crippen LogP contribution in [0.5, 0.6) is 11.6 Å². The Bertz CT molecular complexity index is 1590. The van der Waals surface area contributed by atoms with Gasteiger partial charge in [0.1, 0.15) is 5.75 Å². The molecule has 0 radical (unpaired) electrons. The lowest BCUT2D eigenvalue weighted by Crippen LogP contribution is -2.39. The van der Waals surface area contributed by atoms with Crippen molar-refractivity contribution in [2.24, 2.45) is 5.73 Å². The molecule has 0 spiro atoms. The largest absolute Gasteiger partial charge is 0.438 e. The number of likely N-dealkylation sites (tertiary alicyclic amines) is 1. The number of nitrogens with two attached hydrogens (primary N) is 2. The minimum absolute atomic E-state index is 0.264. The van der Waals surface area contributed by atoms with Gasteiger partial charge in [0.25, 0.3) is 0 Å².